The number of nitrogens with two attached hydrogens (primary N) is 1. The molecule has 2 rings (SSSR count). The molecule has 0 saturated carbocycles. The van der Waals surface area contributed by atoms with E-state index in [0.29, 0.717) is 31.7 Å². The summed E-state index contributed by atoms with van der Waals surface area (Å²) >= 11 is 5.78. The van der Waals surface area contributed by atoms with Crippen molar-refractivity contribution in [3.63, 3.8) is 0 Å². The third-order valence-corrected chi connectivity index (χ3v) is 4.06. The first-order valence-corrected chi connectivity index (χ1v) is 7.63. The number of pyridine rings is 1. The van der Waals surface area contributed by atoms with E-state index >= 15 is 0 Å². The number of halogens is 4. The molecule has 0 radical (unpaired) electrons. The van der Waals surface area contributed by atoms with Gasteiger partial charge in [0.2, 0.25) is 5.91 Å². The van der Waals surface area contributed by atoms with Crippen LogP contribution in [-0.4, -0.2) is 42.0 Å². The van der Waals surface area contributed by atoms with Crippen molar-refractivity contribution >= 4 is 23.3 Å². The van der Waals surface area contributed by atoms with Gasteiger partial charge in [0.05, 0.1) is 10.6 Å². The van der Waals surface area contributed by atoms with E-state index in [0.717, 1.165) is 12.5 Å². The van der Waals surface area contributed by atoms with Crippen molar-refractivity contribution in [1.29, 1.82) is 0 Å². The molecule has 1 aliphatic heterocycles. The molecule has 1 fully saturated rings. The van der Waals surface area contributed by atoms with E-state index < -0.39 is 11.7 Å². The molecule has 0 aliphatic carbocycles. The molecular formula is C14H18ClF3N4O. The zero-order chi connectivity index (χ0) is 17.0. The normalized spacial score (nSPS) is 18.3. The lowest BCUT2D eigenvalue weighted by molar-refractivity contribution is -0.137. The highest BCUT2D eigenvalue weighted by molar-refractivity contribution is 6.32. The second kappa shape index (κ2) is 7.35. The van der Waals surface area contributed by atoms with Crippen molar-refractivity contribution in [3.8, 4) is 0 Å². The first-order chi connectivity index (χ1) is 10.8. The predicted molar refractivity (Wildman–Crippen MR) is 81.1 cm³/mol. The molecule has 1 amide bonds. The SMILES string of the molecule is NCC1CCN(C(=O)CCNc2ncc(C(F)(F)F)cc2Cl)C1. The molecule has 3 N–H and O–H groups in total. The Balaban J connectivity index is 1.83. The second-order valence-corrected chi connectivity index (χ2v) is 5.87. The van der Waals surface area contributed by atoms with Crippen LogP contribution in [0.15, 0.2) is 12.3 Å². The van der Waals surface area contributed by atoms with E-state index in [1.54, 1.807) is 4.90 Å². The molecule has 0 aromatic carbocycles. The average molecular weight is 351 g/mol. The Morgan fingerprint density at radius 2 is 2.26 bits per heavy atom. The van der Waals surface area contributed by atoms with Gasteiger partial charge in [0.15, 0.2) is 0 Å². The fraction of sp³-hybridized carbons (Fsp3) is 0.571. The highest BCUT2D eigenvalue weighted by Crippen LogP contribution is 2.32. The smallest absolute Gasteiger partial charge is 0.368 e. The highest BCUT2D eigenvalue weighted by Gasteiger charge is 2.31. The van der Waals surface area contributed by atoms with Gasteiger partial charge in [-0.25, -0.2) is 4.98 Å². The lowest BCUT2D eigenvalue weighted by Crippen LogP contribution is -2.31. The van der Waals surface area contributed by atoms with E-state index in [4.69, 9.17) is 17.3 Å². The van der Waals surface area contributed by atoms with Crippen LogP contribution in [0.1, 0.15) is 18.4 Å². The molecule has 1 aliphatic rings. The largest absolute Gasteiger partial charge is 0.417 e. The maximum Gasteiger partial charge on any atom is 0.417 e. The molecule has 1 aromatic heterocycles. The number of hydrogen-bond acceptors (Lipinski definition) is 4. The van der Waals surface area contributed by atoms with Gasteiger partial charge >= 0.3 is 6.18 Å². The molecule has 1 unspecified atom stereocenters. The van der Waals surface area contributed by atoms with Crippen LogP contribution in [0.4, 0.5) is 19.0 Å². The van der Waals surface area contributed by atoms with Crippen molar-refractivity contribution < 1.29 is 18.0 Å². The quantitative estimate of drug-likeness (QED) is 0.855. The van der Waals surface area contributed by atoms with E-state index in [1.165, 1.54) is 0 Å². The Morgan fingerprint density at radius 3 is 2.83 bits per heavy atom. The first-order valence-electron chi connectivity index (χ1n) is 7.25. The van der Waals surface area contributed by atoms with Gasteiger partial charge in [-0.1, -0.05) is 11.6 Å². The molecule has 5 nitrogen and oxygen atoms in total. The summed E-state index contributed by atoms with van der Waals surface area (Å²) in [7, 11) is 0. The van der Waals surface area contributed by atoms with Gasteiger partial charge in [-0.15, -0.1) is 0 Å². The summed E-state index contributed by atoms with van der Waals surface area (Å²) in [4.78, 5) is 17.4. The van der Waals surface area contributed by atoms with E-state index in [1.807, 2.05) is 0 Å². The maximum absolute atomic E-state index is 12.5. The molecule has 1 atom stereocenters. The lowest BCUT2D eigenvalue weighted by Gasteiger charge is -2.16. The number of amides is 1. The number of nitrogens with zero attached hydrogens (tertiary/aromatic N) is 2. The Hall–Kier alpha value is -1.54. The average Bonchev–Trinajstić information content (AvgIpc) is 2.96. The minimum Gasteiger partial charge on any atom is -0.368 e. The van der Waals surface area contributed by atoms with Crippen LogP contribution in [0.25, 0.3) is 0 Å². The summed E-state index contributed by atoms with van der Waals surface area (Å²) in [5, 5.41) is 2.66. The maximum atomic E-state index is 12.5. The second-order valence-electron chi connectivity index (χ2n) is 5.46. The standard InChI is InChI=1S/C14H18ClF3N4O/c15-11-5-10(14(16,17)18)7-21-13(11)20-3-1-12(23)22-4-2-9(6-19)8-22/h5,7,9H,1-4,6,8,19H2,(H,20,21). The Bertz CT molecular complexity index is 567. The Labute approximate surface area is 137 Å². The topological polar surface area (TPSA) is 71.2 Å². The Kier molecular flexibility index (Phi) is 5.69. The molecule has 23 heavy (non-hydrogen) atoms. The van der Waals surface area contributed by atoms with Crippen molar-refractivity contribution in [2.75, 3.05) is 31.5 Å². The van der Waals surface area contributed by atoms with E-state index in [-0.39, 0.29) is 29.7 Å². The molecule has 1 aromatic rings. The molecule has 1 saturated heterocycles. The summed E-state index contributed by atoms with van der Waals surface area (Å²) in [6.07, 6.45) is -2.65. The number of carbonyl (C=O) groups is 1. The van der Waals surface area contributed by atoms with Crippen LogP contribution in [0, 0.1) is 5.92 Å². The molecular weight excluding hydrogens is 333 g/mol. The van der Waals surface area contributed by atoms with Crippen LogP contribution in [-0.2, 0) is 11.0 Å². The molecule has 0 bridgehead atoms. The van der Waals surface area contributed by atoms with Gasteiger partial charge in [0, 0.05) is 32.3 Å². The van der Waals surface area contributed by atoms with Crippen LogP contribution >= 0.6 is 11.6 Å². The van der Waals surface area contributed by atoms with E-state index in [9.17, 15) is 18.0 Å². The van der Waals surface area contributed by atoms with Crippen LogP contribution in [0.5, 0.6) is 0 Å². The highest BCUT2D eigenvalue weighted by atomic mass is 35.5. The van der Waals surface area contributed by atoms with Crippen LogP contribution in [0.2, 0.25) is 5.02 Å². The molecule has 0 spiro atoms. The van der Waals surface area contributed by atoms with Crippen LogP contribution < -0.4 is 11.1 Å². The summed E-state index contributed by atoms with van der Waals surface area (Å²) in [5.74, 6) is 0.461. The number of hydrogen-bond donors (Lipinski definition) is 2. The van der Waals surface area contributed by atoms with Gasteiger partial charge in [-0.3, -0.25) is 4.79 Å². The van der Waals surface area contributed by atoms with Gasteiger partial charge < -0.3 is 16.0 Å². The number of rotatable bonds is 5. The molecule has 128 valence electrons. The van der Waals surface area contributed by atoms with Gasteiger partial charge in [0.25, 0.3) is 0 Å². The molecule has 9 heteroatoms. The van der Waals surface area contributed by atoms with Gasteiger partial charge in [0.1, 0.15) is 5.82 Å². The van der Waals surface area contributed by atoms with Crippen molar-refractivity contribution in [2.24, 2.45) is 11.7 Å². The number of aromatic nitrogens is 1. The van der Waals surface area contributed by atoms with E-state index in [2.05, 4.69) is 10.3 Å². The molecule has 2 heterocycles. The first kappa shape index (κ1) is 17.8. The fourth-order valence-corrected chi connectivity index (χ4v) is 2.65. The number of anilines is 1. The van der Waals surface area contributed by atoms with Crippen molar-refractivity contribution in [2.45, 2.75) is 19.0 Å². The fourth-order valence-electron chi connectivity index (χ4n) is 2.42. The zero-order valence-corrected chi connectivity index (χ0v) is 13.1. The summed E-state index contributed by atoms with van der Waals surface area (Å²) in [6.45, 7) is 2.17. The predicted octanol–water partition coefficient (Wildman–Crippen LogP) is 2.36. The van der Waals surface area contributed by atoms with Crippen LogP contribution in [0.3, 0.4) is 0 Å². The minimum atomic E-state index is -4.49. The zero-order valence-electron chi connectivity index (χ0n) is 12.4. The number of alkyl halides is 3. The van der Waals surface area contributed by atoms with Crippen molar-refractivity contribution in [3.05, 3.63) is 22.8 Å². The third kappa shape index (κ3) is 4.71. The van der Waals surface area contributed by atoms with Gasteiger partial charge in [-0.2, -0.15) is 13.2 Å². The minimum absolute atomic E-state index is 0.0171. The Morgan fingerprint density at radius 1 is 1.52 bits per heavy atom. The third-order valence-electron chi connectivity index (χ3n) is 3.77. The summed E-state index contributed by atoms with van der Waals surface area (Å²) < 4.78 is 37.5. The summed E-state index contributed by atoms with van der Waals surface area (Å²) in [5.41, 5.74) is 4.67. The lowest BCUT2D eigenvalue weighted by atomic mass is 10.1. The van der Waals surface area contributed by atoms with Gasteiger partial charge in [-0.05, 0) is 24.9 Å². The summed E-state index contributed by atoms with van der Waals surface area (Å²) in [6, 6.07) is 0.811. The number of nitrogens with one attached hydrogen (secondary N) is 1. The number of carbonyl (C=O) groups excluding carboxylic acids is 1. The van der Waals surface area contributed by atoms with Crippen molar-refractivity contribution in [1.82, 2.24) is 9.88 Å². The monoisotopic (exact) mass is 350 g/mol. The number of likely N-dealkylation sites (tertiary alicyclic amines) is 1.